The first-order chi connectivity index (χ1) is 10.2. The van der Waals surface area contributed by atoms with Crippen molar-refractivity contribution in [1.82, 2.24) is 0 Å². The van der Waals surface area contributed by atoms with Gasteiger partial charge in [0.05, 0.1) is 0 Å². The molecule has 0 bridgehead atoms. The maximum atomic E-state index is 11.3. The van der Waals surface area contributed by atoms with E-state index in [1.807, 2.05) is 30.3 Å². The van der Waals surface area contributed by atoms with Crippen LogP contribution in [0.4, 0.5) is 0 Å². The van der Waals surface area contributed by atoms with Crippen molar-refractivity contribution in [3.05, 3.63) is 71.3 Å². The number of hydrogen-bond acceptors (Lipinski definition) is 1. The monoisotopic (exact) mass is 280 g/mol. The maximum Gasteiger partial charge on any atom is 0.115 e. The van der Waals surface area contributed by atoms with Crippen LogP contribution in [0.25, 0.3) is 0 Å². The zero-order valence-corrected chi connectivity index (χ0v) is 12.8. The smallest absolute Gasteiger partial charge is 0.115 e. The van der Waals surface area contributed by atoms with Crippen molar-refractivity contribution in [3.63, 3.8) is 0 Å². The van der Waals surface area contributed by atoms with E-state index in [-0.39, 0.29) is 0 Å². The Bertz CT molecular complexity index is 569. The van der Waals surface area contributed by atoms with E-state index in [0.29, 0.717) is 0 Å². The molecule has 110 valence electrons. The fourth-order valence-corrected chi connectivity index (χ4v) is 3.30. The van der Waals surface area contributed by atoms with Gasteiger partial charge in [-0.1, -0.05) is 74.4 Å². The van der Waals surface area contributed by atoms with Gasteiger partial charge in [-0.05, 0) is 41.9 Å². The zero-order chi connectivity index (χ0) is 14.7. The van der Waals surface area contributed by atoms with E-state index in [4.69, 9.17) is 0 Å². The van der Waals surface area contributed by atoms with Crippen molar-refractivity contribution in [3.8, 4) is 0 Å². The third kappa shape index (κ3) is 2.75. The average Bonchev–Trinajstić information content (AvgIpc) is 2.47. The first kappa shape index (κ1) is 14.3. The predicted octanol–water partition coefficient (Wildman–Crippen LogP) is 4.99. The minimum atomic E-state index is -0.867. The molecular formula is C20H24O. The largest absolute Gasteiger partial charge is 0.380 e. The van der Waals surface area contributed by atoms with Crippen molar-refractivity contribution < 1.29 is 5.11 Å². The Morgan fingerprint density at radius 3 is 2.10 bits per heavy atom. The fraction of sp³-hybridized carbons (Fsp3) is 0.400. The molecule has 1 heteroatoms. The molecule has 1 unspecified atom stereocenters. The second-order valence-electron chi connectivity index (χ2n) is 6.23. The van der Waals surface area contributed by atoms with Gasteiger partial charge < -0.3 is 5.11 Å². The Hall–Kier alpha value is -1.60. The summed E-state index contributed by atoms with van der Waals surface area (Å²) < 4.78 is 0. The second-order valence-corrected chi connectivity index (χ2v) is 6.23. The van der Waals surface area contributed by atoms with Crippen molar-refractivity contribution in [2.45, 2.75) is 50.5 Å². The molecule has 0 amide bonds. The lowest BCUT2D eigenvalue weighted by atomic mass is 9.78. The molecule has 0 saturated heterocycles. The van der Waals surface area contributed by atoms with E-state index < -0.39 is 5.60 Å². The van der Waals surface area contributed by atoms with E-state index in [1.54, 1.807) is 0 Å². The van der Waals surface area contributed by atoms with E-state index in [1.165, 1.54) is 24.8 Å². The molecule has 0 aliphatic heterocycles. The van der Waals surface area contributed by atoms with Crippen molar-refractivity contribution in [2.75, 3.05) is 0 Å². The SMILES string of the molecule is CCCC(O)(c1ccccc1)c1ccc(C2CCC2)cc1. The Balaban J connectivity index is 1.93. The minimum absolute atomic E-state index is 0.745. The highest BCUT2D eigenvalue weighted by atomic mass is 16.3. The zero-order valence-electron chi connectivity index (χ0n) is 12.8. The lowest BCUT2D eigenvalue weighted by Gasteiger charge is -2.30. The summed E-state index contributed by atoms with van der Waals surface area (Å²) in [6.07, 6.45) is 5.69. The molecule has 0 radical (unpaired) electrons. The lowest BCUT2D eigenvalue weighted by Crippen LogP contribution is -2.27. The Labute approximate surface area is 127 Å². The van der Waals surface area contributed by atoms with Crippen molar-refractivity contribution in [2.24, 2.45) is 0 Å². The summed E-state index contributed by atoms with van der Waals surface area (Å²) in [4.78, 5) is 0. The van der Waals surface area contributed by atoms with Gasteiger partial charge in [-0.25, -0.2) is 0 Å². The number of aliphatic hydroxyl groups is 1. The van der Waals surface area contributed by atoms with Gasteiger partial charge >= 0.3 is 0 Å². The van der Waals surface area contributed by atoms with Gasteiger partial charge in [0.15, 0.2) is 0 Å². The topological polar surface area (TPSA) is 20.2 Å². The lowest BCUT2D eigenvalue weighted by molar-refractivity contribution is 0.0701. The van der Waals surface area contributed by atoms with Crippen molar-refractivity contribution >= 4 is 0 Å². The third-order valence-corrected chi connectivity index (χ3v) is 4.83. The van der Waals surface area contributed by atoms with Gasteiger partial charge in [0.25, 0.3) is 0 Å². The number of rotatable bonds is 5. The minimum Gasteiger partial charge on any atom is -0.380 e. The summed E-state index contributed by atoms with van der Waals surface area (Å²) >= 11 is 0. The molecule has 3 rings (SSSR count). The molecule has 21 heavy (non-hydrogen) atoms. The summed E-state index contributed by atoms with van der Waals surface area (Å²) in [5.74, 6) is 0.745. The molecule has 0 spiro atoms. The first-order valence-electron chi connectivity index (χ1n) is 8.12. The molecule has 1 aliphatic carbocycles. The second kappa shape index (κ2) is 6.03. The summed E-state index contributed by atoms with van der Waals surface area (Å²) in [5, 5.41) is 11.3. The van der Waals surface area contributed by atoms with Gasteiger partial charge in [0.2, 0.25) is 0 Å². The summed E-state index contributed by atoms with van der Waals surface area (Å²) in [7, 11) is 0. The van der Waals surface area contributed by atoms with E-state index in [0.717, 1.165) is 29.9 Å². The highest BCUT2D eigenvalue weighted by molar-refractivity contribution is 5.38. The van der Waals surface area contributed by atoms with Crippen LogP contribution < -0.4 is 0 Å². The Morgan fingerprint density at radius 1 is 0.952 bits per heavy atom. The van der Waals surface area contributed by atoms with Gasteiger partial charge in [-0.15, -0.1) is 0 Å². The van der Waals surface area contributed by atoms with E-state index in [2.05, 4.69) is 31.2 Å². The fourth-order valence-electron chi connectivity index (χ4n) is 3.30. The molecule has 0 aromatic heterocycles. The number of hydrogen-bond donors (Lipinski definition) is 1. The highest BCUT2D eigenvalue weighted by Crippen LogP contribution is 2.38. The van der Waals surface area contributed by atoms with Crippen molar-refractivity contribution in [1.29, 1.82) is 0 Å². The molecule has 1 fully saturated rings. The van der Waals surface area contributed by atoms with Gasteiger partial charge in [-0.2, -0.15) is 0 Å². The summed E-state index contributed by atoms with van der Waals surface area (Å²) in [6, 6.07) is 18.7. The number of benzene rings is 2. The van der Waals surface area contributed by atoms with Crippen LogP contribution in [-0.2, 0) is 5.60 Å². The predicted molar refractivity (Wildman–Crippen MR) is 87.4 cm³/mol. The molecule has 1 atom stereocenters. The molecule has 1 aliphatic rings. The third-order valence-electron chi connectivity index (χ3n) is 4.83. The summed E-state index contributed by atoms with van der Waals surface area (Å²) in [6.45, 7) is 2.12. The van der Waals surface area contributed by atoms with Crippen LogP contribution in [0.1, 0.15) is 61.6 Å². The molecule has 1 N–H and O–H groups in total. The molecule has 1 nitrogen and oxygen atoms in total. The van der Waals surface area contributed by atoms with Crippen LogP contribution in [0.5, 0.6) is 0 Å². The van der Waals surface area contributed by atoms with E-state index >= 15 is 0 Å². The van der Waals surface area contributed by atoms with E-state index in [9.17, 15) is 5.11 Å². The normalized spacial score (nSPS) is 18.0. The Morgan fingerprint density at radius 2 is 1.57 bits per heavy atom. The Kier molecular flexibility index (Phi) is 4.12. The average molecular weight is 280 g/mol. The van der Waals surface area contributed by atoms with Crippen LogP contribution >= 0.6 is 0 Å². The maximum absolute atomic E-state index is 11.3. The van der Waals surface area contributed by atoms with Gasteiger partial charge in [0.1, 0.15) is 5.60 Å². The standard InChI is InChI=1S/C20H24O/c1-2-15-20(21,18-9-4-3-5-10-18)19-13-11-17(12-14-19)16-7-6-8-16/h3-5,9-14,16,21H,2,6-8,15H2,1H3. The molecule has 2 aromatic carbocycles. The van der Waals surface area contributed by atoms with Crippen LogP contribution in [0.3, 0.4) is 0 Å². The van der Waals surface area contributed by atoms with Gasteiger partial charge in [-0.3, -0.25) is 0 Å². The van der Waals surface area contributed by atoms with Gasteiger partial charge in [0, 0.05) is 0 Å². The highest BCUT2D eigenvalue weighted by Gasteiger charge is 2.30. The quantitative estimate of drug-likeness (QED) is 0.818. The molecular weight excluding hydrogens is 256 g/mol. The molecule has 0 heterocycles. The summed E-state index contributed by atoms with van der Waals surface area (Å²) in [5.41, 5.74) is 2.56. The van der Waals surface area contributed by atoms with Crippen LogP contribution in [0, 0.1) is 0 Å². The van der Waals surface area contributed by atoms with Crippen LogP contribution in [0.2, 0.25) is 0 Å². The first-order valence-corrected chi connectivity index (χ1v) is 8.12. The van der Waals surface area contributed by atoms with Crippen LogP contribution in [-0.4, -0.2) is 5.11 Å². The van der Waals surface area contributed by atoms with Crippen LogP contribution in [0.15, 0.2) is 54.6 Å². The molecule has 2 aromatic rings. The molecule has 1 saturated carbocycles.